The summed E-state index contributed by atoms with van der Waals surface area (Å²) in [6.07, 6.45) is 1.00. The van der Waals surface area contributed by atoms with Gasteiger partial charge in [0.2, 0.25) is 0 Å². The molecule has 1 fully saturated rings. The molecule has 1 heterocycles. The van der Waals surface area contributed by atoms with Crippen molar-refractivity contribution in [1.29, 1.82) is 0 Å². The molecule has 36 valence electrons. The van der Waals surface area contributed by atoms with Crippen LogP contribution in [0.4, 0.5) is 0 Å². The van der Waals surface area contributed by atoms with Gasteiger partial charge in [0.05, 0.1) is 0 Å². The van der Waals surface area contributed by atoms with Crippen molar-refractivity contribution in [2.24, 2.45) is 0 Å². The Kier molecular flexibility index (Phi) is 1.37. The van der Waals surface area contributed by atoms with Crippen LogP contribution in [-0.4, -0.2) is 22.7 Å². The molecule has 0 aromatic carbocycles. The summed E-state index contributed by atoms with van der Waals surface area (Å²) < 4.78 is 0. The molecule has 2 heteroatoms. The third kappa shape index (κ3) is 1.19. The lowest BCUT2D eigenvalue weighted by atomic mass is 10.4. The molecule has 1 N–H and O–H groups in total. The summed E-state index contributed by atoms with van der Waals surface area (Å²) in [5.41, 5.74) is 0. The average molecular weight is 104 g/mol. The van der Waals surface area contributed by atoms with Gasteiger partial charge in [-0.1, -0.05) is 0 Å². The predicted octanol–water partition coefficient (Wildman–Crippen LogP) is 0.484. The van der Waals surface area contributed by atoms with Gasteiger partial charge in [-0.05, 0) is 6.42 Å². The van der Waals surface area contributed by atoms with E-state index in [1.165, 1.54) is 5.75 Å². The molecule has 0 aromatic rings. The van der Waals surface area contributed by atoms with Gasteiger partial charge in [-0.2, -0.15) is 11.8 Å². The van der Waals surface area contributed by atoms with Gasteiger partial charge in [0.1, 0.15) is 0 Å². The fourth-order valence-corrected chi connectivity index (χ4v) is 0.954. The maximum Gasteiger partial charge on any atom is 0.0441 e. The molecule has 0 amide bonds. The summed E-state index contributed by atoms with van der Waals surface area (Å²) >= 11 is 1.93. The Hall–Kier alpha value is 0.310. The van der Waals surface area contributed by atoms with E-state index in [4.69, 9.17) is 5.11 Å². The fourth-order valence-electron chi connectivity index (χ4n) is 0.379. The van der Waals surface area contributed by atoms with Crippen LogP contribution in [0.5, 0.6) is 0 Å². The van der Waals surface area contributed by atoms with E-state index in [9.17, 15) is 0 Å². The minimum absolute atomic E-state index is 0.373. The van der Waals surface area contributed by atoms with Gasteiger partial charge in [-0.25, -0.2) is 0 Å². The molecule has 1 atom stereocenters. The Bertz CT molecular complexity index is 42.8. The number of aliphatic hydroxyl groups is 1. The zero-order chi connectivity index (χ0) is 4.41. The highest BCUT2D eigenvalue weighted by Crippen LogP contribution is 2.32. The van der Waals surface area contributed by atoms with E-state index >= 15 is 0 Å². The second kappa shape index (κ2) is 1.85. The first kappa shape index (κ1) is 4.47. The van der Waals surface area contributed by atoms with E-state index in [1.807, 2.05) is 11.8 Å². The van der Waals surface area contributed by atoms with Crippen LogP contribution in [0.25, 0.3) is 0 Å². The van der Waals surface area contributed by atoms with Gasteiger partial charge in [0, 0.05) is 17.6 Å². The van der Waals surface area contributed by atoms with Crippen LogP contribution < -0.4 is 0 Å². The summed E-state index contributed by atoms with van der Waals surface area (Å²) in [4.78, 5) is 0. The normalized spacial score (nSPS) is 30.5. The van der Waals surface area contributed by atoms with Crippen LogP contribution in [0.3, 0.4) is 0 Å². The molecule has 1 aliphatic heterocycles. The van der Waals surface area contributed by atoms with E-state index in [0.29, 0.717) is 6.61 Å². The number of thioether (sulfide) groups is 1. The summed E-state index contributed by atoms with van der Waals surface area (Å²) in [5, 5.41) is 9.08. The predicted molar refractivity (Wildman–Crippen MR) is 27.9 cm³/mol. The van der Waals surface area contributed by atoms with Crippen LogP contribution >= 0.6 is 11.8 Å². The van der Waals surface area contributed by atoms with Crippen molar-refractivity contribution in [2.75, 3.05) is 12.4 Å². The number of hydrogen-bond acceptors (Lipinski definition) is 2. The minimum atomic E-state index is 0.373. The first-order chi connectivity index (χ1) is 2.93. The number of hydrogen-bond donors (Lipinski definition) is 1. The Balaban J connectivity index is 1.88. The maximum atomic E-state index is 8.26. The Labute approximate surface area is 41.7 Å². The highest BCUT2D eigenvalue weighted by atomic mass is 32.2. The van der Waals surface area contributed by atoms with Crippen LogP contribution in [0.1, 0.15) is 6.42 Å². The third-order valence-electron chi connectivity index (χ3n) is 0.853. The molecule has 0 aliphatic carbocycles. The molecular weight excluding hydrogens is 96.1 g/mol. The smallest absolute Gasteiger partial charge is 0.0441 e. The number of rotatable bonds is 2. The quantitative estimate of drug-likeness (QED) is 0.514. The van der Waals surface area contributed by atoms with Crippen molar-refractivity contribution in [3.8, 4) is 0 Å². The lowest BCUT2D eigenvalue weighted by molar-refractivity contribution is 0.291. The first-order valence-corrected chi connectivity index (χ1v) is 3.21. The van der Waals surface area contributed by atoms with Crippen molar-refractivity contribution < 1.29 is 5.11 Å². The molecule has 1 nitrogen and oxygen atoms in total. The van der Waals surface area contributed by atoms with Crippen LogP contribution in [0, 0.1) is 0 Å². The first-order valence-electron chi connectivity index (χ1n) is 2.16. The van der Waals surface area contributed by atoms with Crippen LogP contribution in [0.15, 0.2) is 0 Å². The van der Waals surface area contributed by atoms with E-state index < -0.39 is 0 Å². The summed E-state index contributed by atoms with van der Waals surface area (Å²) in [5.74, 6) is 1.28. The van der Waals surface area contributed by atoms with E-state index in [2.05, 4.69) is 0 Å². The van der Waals surface area contributed by atoms with Crippen molar-refractivity contribution >= 4 is 11.8 Å². The number of aliphatic hydroxyl groups excluding tert-OH is 1. The highest BCUT2D eigenvalue weighted by Gasteiger charge is 2.20. The van der Waals surface area contributed by atoms with Gasteiger partial charge in [-0.15, -0.1) is 0 Å². The molecule has 1 unspecified atom stereocenters. The van der Waals surface area contributed by atoms with Gasteiger partial charge in [0.15, 0.2) is 0 Å². The second-order valence-electron chi connectivity index (χ2n) is 1.47. The molecule has 0 radical (unpaired) electrons. The van der Waals surface area contributed by atoms with Gasteiger partial charge >= 0.3 is 0 Å². The molecule has 1 saturated heterocycles. The average Bonchev–Trinajstić information content (AvgIpc) is 2.21. The highest BCUT2D eigenvalue weighted by molar-refractivity contribution is 8.06. The molecule has 0 spiro atoms. The van der Waals surface area contributed by atoms with E-state index in [-0.39, 0.29) is 0 Å². The van der Waals surface area contributed by atoms with E-state index in [1.54, 1.807) is 0 Å². The minimum Gasteiger partial charge on any atom is -0.396 e. The molecule has 1 aliphatic rings. The molecule has 0 saturated carbocycles. The standard InChI is InChI=1S/C4H8OS/c5-2-1-4-3-6-4/h4-5H,1-3H2. The Morgan fingerprint density at radius 1 is 1.83 bits per heavy atom. The van der Waals surface area contributed by atoms with Gasteiger partial charge < -0.3 is 5.11 Å². The molecule has 1 rings (SSSR count). The van der Waals surface area contributed by atoms with Crippen molar-refractivity contribution in [3.63, 3.8) is 0 Å². The summed E-state index contributed by atoms with van der Waals surface area (Å²) in [6, 6.07) is 0. The van der Waals surface area contributed by atoms with Gasteiger partial charge in [-0.3, -0.25) is 0 Å². The molecular formula is C4H8OS. The second-order valence-corrected chi connectivity index (χ2v) is 2.80. The Morgan fingerprint density at radius 3 is 2.67 bits per heavy atom. The van der Waals surface area contributed by atoms with Crippen LogP contribution in [-0.2, 0) is 0 Å². The van der Waals surface area contributed by atoms with E-state index in [0.717, 1.165) is 11.7 Å². The van der Waals surface area contributed by atoms with Gasteiger partial charge in [0.25, 0.3) is 0 Å². The maximum absolute atomic E-state index is 8.26. The topological polar surface area (TPSA) is 20.2 Å². The third-order valence-corrected chi connectivity index (χ3v) is 1.89. The zero-order valence-corrected chi connectivity index (χ0v) is 4.37. The lowest BCUT2D eigenvalue weighted by Gasteiger charge is -1.81. The Morgan fingerprint density at radius 2 is 2.50 bits per heavy atom. The zero-order valence-electron chi connectivity index (χ0n) is 3.55. The van der Waals surface area contributed by atoms with Crippen molar-refractivity contribution in [2.45, 2.75) is 11.7 Å². The summed E-state index contributed by atoms with van der Waals surface area (Å²) in [7, 11) is 0. The molecule has 6 heavy (non-hydrogen) atoms. The van der Waals surface area contributed by atoms with Crippen molar-refractivity contribution in [1.82, 2.24) is 0 Å². The monoisotopic (exact) mass is 104 g/mol. The fraction of sp³-hybridized carbons (Fsp3) is 1.00. The molecule has 0 aromatic heterocycles. The summed E-state index contributed by atoms with van der Waals surface area (Å²) in [6.45, 7) is 0.373. The van der Waals surface area contributed by atoms with Crippen LogP contribution in [0.2, 0.25) is 0 Å². The SMILES string of the molecule is OCCC1CS1. The lowest BCUT2D eigenvalue weighted by Crippen LogP contribution is -1.86. The van der Waals surface area contributed by atoms with Crippen molar-refractivity contribution in [3.05, 3.63) is 0 Å². The largest absolute Gasteiger partial charge is 0.396 e. The molecule has 0 bridgehead atoms.